The molecule has 0 aromatic rings. The monoisotopic (exact) mass is 375 g/mol. The Morgan fingerprint density at radius 2 is 1.00 bits per heavy atom. The predicted octanol–water partition coefficient (Wildman–Crippen LogP) is 0.465. The minimum absolute atomic E-state index is 0. The van der Waals surface area contributed by atoms with E-state index in [4.69, 9.17) is 26.8 Å². The van der Waals surface area contributed by atoms with Gasteiger partial charge in [0.25, 0.3) is 0 Å². The minimum atomic E-state index is -1.75. The molecule has 0 saturated carbocycles. The van der Waals surface area contributed by atoms with Crippen LogP contribution in [0.5, 0.6) is 0 Å². The van der Waals surface area contributed by atoms with Crippen LogP contribution in [0.4, 0.5) is 0 Å². The Morgan fingerprint density at radius 1 is 1.00 bits per heavy atom. The molecule has 0 aromatic heterocycles. The zero-order valence-electron chi connectivity index (χ0n) is 8.30. The first-order valence-electron chi connectivity index (χ1n) is 3.52. The molecule has 0 unspecified atom stereocenters. The second kappa shape index (κ2) is 17.8. The minimum Gasteiger partial charge on any atom is -0.356 e. The summed E-state index contributed by atoms with van der Waals surface area (Å²) in [5.41, 5.74) is 10.2. The van der Waals surface area contributed by atoms with Crippen molar-refractivity contribution in [3.63, 3.8) is 0 Å². The van der Waals surface area contributed by atoms with Crippen LogP contribution in [-0.2, 0) is 21.1 Å². The molecule has 0 rings (SSSR count). The standard InChI is InChI=1S/2C3H9N.NO3.Pt/c2*1-3(2)4;2-1(3)4;/h2*3H,4H2,1-2H3;;/q;;-1;. The summed E-state index contributed by atoms with van der Waals surface area (Å²) in [6.45, 7) is 7.78. The molecule has 0 bridgehead atoms. The fourth-order valence-corrected chi connectivity index (χ4v) is 0. The predicted molar refractivity (Wildman–Crippen MR) is 49.0 cm³/mol. The van der Waals surface area contributed by atoms with E-state index in [-0.39, 0.29) is 21.1 Å². The van der Waals surface area contributed by atoms with Gasteiger partial charge in [0, 0.05) is 21.1 Å². The molecule has 0 amide bonds. The van der Waals surface area contributed by atoms with Gasteiger partial charge in [-0.25, -0.2) is 0 Å². The molecule has 0 aliphatic heterocycles. The summed E-state index contributed by atoms with van der Waals surface area (Å²) in [6.07, 6.45) is 0. The molecule has 0 atom stereocenters. The van der Waals surface area contributed by atoms with Crippen molar-refractivity contribution >= 4 is 0 Å². The fraction of sp³-hybridized carbons (Fsp3) is 1.00. The van der Waals surface area contributed by atoms with Crippen LogP contribution in [0.3, 0.4) is 0 Å². The van der Waals surface area contributed by atoms with Crippen molar-refractivity contribution in [1.29, 1.82) is 0 Å². The second-order valence-electron chi connectivity index (χ2n) is 2.71. The van der Waals surface area contributed by atoms with Gasteiger partial charge < -0.3 is 26.8 Å². The Hall–Kier alpha value is -0.192. The van der Waals surface area contributed by atoms with Gasteiger partial charge in [0.05, 0.1) is 5.09 Å². The zero-order valence-corrected chi connectivity index (χ0v) is 10.6. The third-order valence-electron chi connectivity index (χ3n) is 0. The fourth-order valence-electron chi connectivity index (χ4n) is 0. The molecular formula is C6H18N3O3Pt-. The van der Waals surface area contributed by atoms with E-state index in [0.717, 1.165) is 0 Å². The molecule has 7 heteroatoms. The SMILES string of the molecule is CC(C)N.CC(C)N.O=[N+]([O-])[O-].[Pt]. The van der Waals surface area contributed by atoms with E-state index >= 15 is 0 Å². The van der Waals surface area contributed by atoms with Crippen molar-refractivity contribution in [3.05, 3.63) is 15.3 Å². The molecule has 6 nitrogen and oxygen atoms in total. The van der Waals surface area contributed by atoms with E-state index in [9.17, 15) is 0 Å². The largest absolute Gasteiger partial charge is 0.356 e. The van der Waals surface area contributed by atoms with Crippen molar-refractivity contribution in [2.75, 3.05) is 0 Å². The Labute approximate surface area is 93.0 Å². The summed E-state index contributed by atoms with van der Waals surface area (Å²) < 4.78 is 0. The molecule has 13 heavy (non-hydrogen) atoms. The molecule has 0 spiro atoms. The normalized spacial score (nSPS) is 7.38. The van der Waals surface area contributed by atoms with Gasteiger partial charge in [-0.15, -0.1) is 0 Å². The van der Waals surface area contributed by atoms with Crippen LogP contribution >= 0.6 is 0 Å². The first-order valence-corrected chi connectivity index (χ1v) is 3.52. The summed E-state index contributed by atoms with van der Waals surface area (Å²) in [5.74, 6) is 0. The van der Waals surface area contributed by atoms with Crippen molar-refractivity contribution in [2.45, 2.75) is 39.8 Å². The number of nitrogens with two attached hydrogens (primary N) is 2. The maximum Gasteiger partial charge on any atom is 0.0689 e. The van der Waals surface area contributed by atoms with Crippen molar-refractivity contribution in [2.24, 2.45) is 11.5 Å². The van der Waals surface area contributed by atoms with Gasteiger partial charge in [0.15, 0.2) is 0 Å². The first kappa shape index (κ1) is 23.0. The summed E-state index contributed by atoms with van der Waals surface area (Å²) in [6, 6.07) is 0.667. The smallest absolute Gasteiger partial charge is 0.0689 e. The van der Waals surface area contributed by atoms with E-state index in [2.05, 4.69) is 0 Å². The van der Waals surface area contributed by atoms with Gasteiger partial charge in [-0.05, 0) is 12.1 Å². The van der Waals surface area contributed by atoms with Crippen molar-refractivity contribution < 1.29 is 26.2 Å². The number of nitrogens with zero attached hydrogens (tertiary/aromatic N) is 1. The summed E-state index contributed by atoms with van der Waals surface area (Å²) >= 11 is 0. The second-order valence-corrected chi connectivity index (χ2v) is 2.71. The summed E-state index contributed by atoms with van der Waals surface area (Å²) in [5, 5.41) is 14.8. The quantitative estimate of drug-likeness (QED) is 0.471. The van der Waals surface area contributed by atoms with Crippen LogP contribution in [-0.4, -0.2) is 17.2 Å². The van der Waals surface area contributed by atoms with Gasteiger partial charge in [-0.3, -0.25) is 0 Å². The molecule has 0 radical (unpaired) electrons. The Kier molecular flexibility index (Phi) is 31.5. The van der Waals surface area contributed by atoms with E-state index < -0.39 is 5.09 Å². The topological polar surface area (TPSA) is 118 Å². The molecule has 0 saturated heterocycles. The molecule has 0 heterocycles. The first-order chi connectivity index (χ1) is 5.20. The van der Waals surface area contributed by atoms with Gasteiger partial charge in [-0.1, -0.05) is 27.7 Å². The summed E-state index contributed by atoms with van der Waals surface area (Å²) in [7, 11) is 0. The number of hydrogen-bond acceptors (Lipinski definition) is 5. The van der Waals surface area contributed by atoms with Crippen LogP contribution in [0.1, 0.15) is 27.7 Å². The third kappa shape index (κ3) is 30900. The van der Waals surface area contributed by atoms with Crippen molar-refractivity contribution in [1.82, 2.24) is 0 Å². The number of rotatable bonds is 0. The van der Waals surface area contributed by atoms with E-state index in [1.165, 1.54) is 0 Å². The van der Waals surface area contributed by atoms with Crippen LogP contribution in [0.2, 0.25) is 0 Å². The van der Waals surface area contributed by atoms with Gasteiger partial charge in [0.1, 0.15) is 0 Å². The molecule has 0 aliphatic carbocycles. The third-order valence-corrected chi connectivity index (χ3v) is 0. The van der Waals surface area contributed by atoms with E-state index in [1.807, 2.05) is 27.7 Å². The maximum atomic E-state index is 8.25. The molecule has 0 aromatic carbocycles. The van der Waals surface area contributed by atoms with Crippen LogP contribution in [0.25, 0.3) is 0 Å². The van der Waals surface area contributed by atoms with E-state index in [0.29, 0.717) is 12.1 Å². The van der Waals surface area contributed by atoms with Gasteiger partial charge in [-0.2, -0.15) is 0 Å². The molecule has 0 aliphatic rings. The molecule has 0 fully saturated rings. The molecule has 86 valence electrons. The Bertz CT molecular complexity index is 85.6. The molecule has 4 N–H and O–H groups in total. The van der Waals surface area contributed by atoms with Gasteiger partial charge >= 0.3 is 0 Å². The van der Waals surface area contributed by atoms with Crippen molar-refractivity contribution in [3.8, 4) is 0 Å². The average molecular weight is 375 g/mol. The van der Waals surface area contributed by atoms with Gasteiger partial charge in [0.2, 0.25) is 0 Å². The maximum absolute atomic E-state index is 8.25. The van der Waals surface area contributed by atoms with E-state index in [1.54, 1.807) is 0 Å². The molecular weight excluding hydrogens is 357 g/mol. The Morgan fingerprint density at radius 3 is 1.00 bits per heavy atom. The average Bonchev–Trinajstić information content (AvgIpc) is 1.54. The number of hydrogen-bond donors (Lipinski definition) is 2. The Balaban J connectivity index is -0.0000000450. The van der Waals surface area contributed by atoms with Crippen LogP contribution in [0, 0.1) is 15.3 Å². The van der Waals surface area contributed by atoms with Crippen LogP contribution < -0.4 is 11.5 Å². The zero-order chi connectivity index (χ0) is 10.7. The summed E-state index contributed by atoms with van der Waals surface area (Å²) in [4.78, 5) is 8.25. The van der Waals surface area contributed by atoms with Crippen LogP contribution in [0.15, 0.2) is 0 Å².